The first kappa shape index (κ1) is 10.5. The standard InChI is InChI=1S/C10H14BrNO/c1-10(2,7-11)8-12-6-4-3-5-9(12)13/h3-6H,7-8H2,1-2H3. The summed E-state index contributed by atoms with van der Waals surface area (Å²) in [5, 5.41) is 0.890. The van der Waals surface area contributed by atoms with Crippen LogP contribution in [0.5, 0.6) is 0 Å². The van der Waals surface area contributed by atoms with Crippen molar-refractivity contribution in [2.24, 2.45) is 5.41 Å². The molecule has 3 heteroatoms. The molecule has 0 saturated heterocycles. The van der Waals surface area contributed by atoms with Gasteiger partial charge in [-0.2, -0.15) is 0 Å². The summed E-state index contributed by atoms with van der Waals surface area (Å²) in [7, 11) is 0. The van der Waals surface area contributed by atoms with E-state index in [2.05, 4.69) is 29.8 Å². The van der Waals surface area contributed by atoms with Crippen LogP contribution in [0.15, 0.2) is 29.2 Å². The van der Waals surface area contributed by atoms with E-state index in [9.17, 15) is 4.79 Å². The van der Waals surface area contributed by atoms with Crippen molar-refractivity contribution < 1.29 is 0 Å². The number of alkyl halides is 1. The van der Waals surface area contributed by atoms with Gasteiger partial charge >= 0.3 is 0 Å². The monoisotopic (exact) mass is 243 g/mol. The van der Waals surface area contributed by atoms with Crippen molar-refractivity contribution in [3.05, 3.63) is 34.7 Å². The maximum absolute atomic E-state index is 11.4. The van der Waals surface area contributed by atoms with Crippen molar-refractivity contribution in [1.82, 2.24) is 4.57 Å². The quantitative estimate of drug-likeness (QED) is 0.747. The highest BCUT2D eigenvalue weighted by molar-refractivity contribution is 9.09. The number of halogens is 1. The molecule has 2 nitrogen and oxygen atoms in total. The molecule has 0 radical (unpaired) electrons. The zero-order valence-electron chi connectivity index (χ0n) is 7.96. The third kappa shape index (κ3) is 2.99. The van der Waals surface area contributed by atoms with Gasteiger partial charge in [0.1, 0.15) is 0 Å². The number of hydrogen-bond acceptors (Lipinski definition) is 1. The molecule has 72 valence electrons. The Hall–Kier alpha value is -0.570. The van der Waals surface area contributed by atoms with Gasteiger partial charge in [0.15, 0.2) is 0 Å². The molecule has 0 bridgehead atoms. The Balaban J connectivity index is 2.87. The molecule has 0 N–H and O–H groups in total. The lowest BCUT2D eigenvalue weighted by molar-refractivity contribution is 0.349. The Kier molecular flexibility index (Phi) is 3.31. The van der Waals surface area contributed by atoms with E-state index < -0.39 is 0 Å². The van der Waals surface area contributed by atoms with Crippen molar-refractivity contribution in [2.75, 3.05) is 5.33 Å². The van der Waals surface area contributed by atoms with Gasteiger partial charge in [0.05, 0.1) is 0 Å². The molecule has 0 amide bonds. The molecule has 0 unspecified atom stereocenters. The van der Waals surface area contributed by atoms with Gasteiger partial charge in [0, 0.05) is 24.1 Å². The van der Waals surface area contributed by atoms with E-state index in [-0.39, 0.29) is 11.0 Å². The lowest BCUT2D eigenvalue weighted by Gasteiger charge is -2.22. The first-order valence-corrected chi connectivity index (χ1v) is 5.39. The van der Waals surface area contributed by atoms with Crippen LogP contribution < -0.4 is 5.56 Å². The minimum Gasteiger partial charge on any atom is -0.315 e. The van der Waals surface area contributed by atoms with Crippen LogP contribution in [0.3, 0.4) is 0 Å². The zero-order valence-corrected chi connectivity index (χ0v) is 9.54. The third-order valence-corrected chi connectivity index (χ3v) is 3.38. The van der Waals surface area contributed by atoms with Crippen molar-refractivity contribution in [3.8, 4) is 0 Å². The van der Waals surface area contributed by atoms with E-state index in [4.69, 9.17) is 0 Å². The molecule has 0 spiro atoms. The topological polar surface area (TPSA) is 22.0 Å². The molecular formula is C10H14BrNO. The fraction of sp³-hybridized carbons (Fsp3) is 0.500. The van der Waals surface area contributed by atoms with Crippen molar-refractivity contribution in [3.63, 3.8) is 0 Å². The first-order chi connectivity index (χ1) is 6.05. The fourth-order valence-electron chi connectivity index (χ4n) is 1.09. The van der Waals surface area contributed by atoms with E-state index in [1.54, 1.807) is 16.7 Å². The molecule has 0 fully saturated rings. The SMILES string of the molecule is CC(C)(CBr)Cn1ccccc1=O. The minimum absolute atomic E-state index is 0.0662. The number of pyridine rings is 1. The molecule has 0 saturated carbocycles. The van der Waals surface area contributed by atoms with E-state index >= 15 is 0 Å². The van der Waals surface area contributed by atoms with E-state index in [1.165, 1.54) is 0 Å². The van der Waals surface area contributed by atoms with Gasteiger partial charge in [-0.05, 0) is 11.5 Å². The molecule has 1 aromatic rings. The van der Waals surface area contributed by atoms with Crippen LogP contribution >= 0.6 is 15.9 Å². The predicted molar refractivity (Wildman–Crippen MR) is 58.3 cm³/mol. The second-order valence-corrected chi connectivity index (χ2v) is 4.53. The van der Waals surface area contributed by atoms with Crippen molar-refractivity contribution >= 4 is 15.9 Å². The number of hydrogen-bond donors (Lipinski definition) is 0. The second kappa shape index (κ2) is 4.09. The predicted octanol–water partition coefficient (Wildman–Crippen LogP) is 2.27. The normalized spacial score (nSPS) is 11.6. The number of aromatic nitrogens is 1. The first-order valence-electron chi connectivity index (χ1n) is 4.27. The van der Waals surface area contributed by atoms with Crippen molar-refractivity contribution in [2.45, 2.75) is 20.4 Å². The highest BCUT2D eigenvalue weighted by Gasteiger charge is 2.16. The summed E-state index contributed by atoms with van der Waals surface area (Å²) in [5.41, 5.74) is 0.182. The Morgan fingerprint density at radius 2 is 2.15 bits per heavy atom. The Bertz CT molecular complexity index is 330. The lowest BCUT2D eigenvalue weighted by Crippen LogP contribution is -2.28. The molecule has 1 heterocycles. The average molecular weight is 244 g/mol. The summed E-state index contributed by atoms with van der Waals surface area (Å²) in [4.78, 5) is 11.4. The second-order valence-electron chi connectivity index (χ2n) is 3.96. The Labute approximate surface area is 86.7 Å². The summed E-state index contributed by atoms with van der Waals surface area (Å²) in [6.07, 6.45) is 1.83. The summed E-state index contributed by atoms with van der Waals surface area (Å²) in [5.74, 6) is 0. The molecule has 13 heavy (non-hydrogen) atoms. The van der Waals surface area contributed by atoms with Crippen LogP contribution in [0, 0.1) is 5.41 Å². The molecule has 1 rings (SSSR count). The summed E-state index contributed by atoms with van der Waals surface area (Å²) in [6.45, 7) is 5.00. The Morgan fingerprint density at radius 3 is 2.69 bits per heavy atom. The van der Waals surface area contributed by atoms with Crippen molar-refractivity contribution in [1.29, 1.82) is 0 Å². The summed E-state index contributed by atoms with van der Waals surface area (Å²) in [6, 6.07) is 5.23. The van der Waals surface area contributed by atoms with Gasteiger partial charge in [-0.3, -0.25) is 4.79 Å². The van der Waals surface area contributed by atoms with Crippen LogP contribution in [0.25, 0.3) is 0 Å². The fourth-order valence-corrected chi connectivity index (χ4v) is 1.27. The van der Waals surface area contributed by atoms with E-state index in [1.807, 2.05) is 12.3 Å². The summed E-state index contributed by atoms with van der Waals surface area (Å²) < 4.78 is 1.74. The molecule has 0 atom stereocenters. The largest absolute Gasteiger partial charge is 0.315 e. The average Bonchev–Trinajstić information content (AvgIpc) is 2.09. The molecule has 1 aromatic heterocycles. The highest BCUT2D eigenvalue weighted by atomic mass is 79.9. The van der Waals surface area contributed by atoms with Crippen LogP contribution in [0.1, 0.15) is 13.8 Å². The Morgan fingerprint density at radius 1 is 1.46 bits per heavy atom. The van der Waals surface area contributed by atoms with Crippen LogP contribution in [0.4, 0.5) is 0 Å². The smallest absolute Gasteiger partial charge is 0.250 e. The lowest BCUT2D eigenvalue weighted by atomic mass is 9.97. The van der Waals surface area contributed by atoms with E-state index in [0.717, 1.165) is 11.9 Å². The maximum Gasteiger partial charge on any atom is 0.250 e. The number of rotatable bonds is 3. The zero-order chi connectivity index (χ0) is 9.90. The molecule has 0 aromatic carbocycles. The summed E-state index contributed by atoms with van der Waals surface area (Å²) >= 11 is 3.44. The van der Waals surface area contributed by atoms with E-state index in [0.29, 0.717) is 0 Å². The third-order valence-electron chi connectivity index (χ3n) is 1.86. The van der Waals surface area contributed by atoms with Gasteiger partial charge in [0.2, 0.25) is 0 Å². The highest BCUT2D eigenvalue weighted by Crippen LogP contribution is 2.19. The molecule has 0 aliphatic heterocycles. The molecule has 0 aliphatic carbocycles. The maximum atomic E-state index is 11.4. The van der Waals surface area contributed by atoms with Crippen LogP contribution in [-0.2, 0) is 6.54 Å². The number of nitrogens with zero attached hydrogens (tertiary/aromatic N) is 1. The van der Waals surface area contributed by atoms with Gasteiger partial charge in [-0.25, -0.2) is 0 Å². The van der Waals surface area contributed by atoms with Crippen LogP contribution in [-0.4, -0.2) is 9.90 Å². The van der Waals surface area contributed by atoms with Crippen LogP contribution in [0.2, 0.25) is 0 Å². The van der Waals surface area contributed by atoms with Gasteiger partial charge in [0.25, 0.3) is 5.56 Å². The van der Waals surface area contributed by atoms with Gasteiger partial charge < -0.3 is 4.57 Å². The van der Waals surface area contributed by atoms with Gasteiger partial charge in [-0.1, -0.05) is 35.8 Å². The van der Waals surface area contributed by atoms with Gasteiger partial charge in [-0.15, -0.1) is 0 Å². The minimum atomic E-state index is 0.0662. The molecular weight excluding hydrogens is 230 g/mol. The molecule has 0 aliphatic rings.